The predicted octanol–water partition coefficient (Wildman–Crippen LogP) is 5.68. The molecule has 0 spiro atoms. The van der Waals surface area contributed by atoms with Gasteiger partial charge >= 0.3 is 0 Å². The van der Waals surface area contributed by atoms with Crippen molar-refractivity contribution in [1.29, 1.82) is 0 Å². The molecule has 2 aromatic rings. The zero-order valence-corrected chi connectivity index (χ0v) is 18.0. The molecule has 144 valence electrons. The van der Waals surface area contributed by atoms with Gasteiger partial charge in [-0.1, -0.05) is 60.4 Å². The number of anilines is 1. The molecule has 3 rings (SSSR count). The van der Waals surface area contributed by atoms with Gasteiger partial charge in [-0.3, -0.25) is 4.79 Å². The van der Waals surface area contributed by atoms with Crippen molar-refractivity contribution in [3.63, 3.8) is 0 Å². The van der Waals surface area contributed by atoms with Gasteiger partial charge < -0.3 is 9.80 Å². The van der Waals surface area contributed by atoms with E-state index in [2.05, 4.69) is 15.9 Å². The molecule has 1 atom stereocenters. The van der Waals surface area contributed by atoms with Gasteiger partial charge in [0.05, 0.1) is 11.7 Å². The normalized spacial score (nSPS) is 17.9. The lowest BCUT2D eigenvalue weighted by Gasteiger charge is -2.44. The van der Waals surface area contributed by atoms with Crippen LogP contribution >= 0.6 is 27.5 Å². The number of nitrogens with zero attached hydrogens (tertiary/aromatic N) is 2. The lowest BCUT2D eigenvalue weighted by molar-refractivity contribution is -0.140. The van der Waals surface area contributed by atoms with Crippen molar-refractivity contribution in [3.05, 3.63) is 63.3 Å². The number of carbonyl (C=O) groups excluding carboxylic acids is 1. The van der Waals surface area contributed by atoms with Crippen LogP contribution in [0.5, 0.6) is 0 Å². The first-order valence-corrected chi connectivity index (χ1v) is 10.1. The second-order valence-corrected chi connectivity index (χ2v) is 9.21. The Morgan fingerprint density at radius 3 is 2.41 bits per heavy atom. The van der Waals surface area contributed by atoms with E-state index in [1.807, 2.05) is 54.8 Å². The monoisotopic (exact) mass is 452 g/mol. The summed E-state index contributed by atoms with van der Waals surface area (Å²) in [5.41, 5.74) is 1.10. The molecule has 0 aromatic heterocycles. The molecule has 1 amide bonds. The van der Waals surface area contributed by atoms with Crippen molar-refractivity contribution in [2.75, 3.05) is 24.5 Å². The summed E-state index contributed by atoms with van der Waals surface area (Å²) < 4.78 is 15.6. The van der Waals surface area contributed by atoms with Crippen molar-refractivity contribution in [2.45, 2.75) is 26.8 Å². The van der Waals surface area contributed by atoms with Crippen LogP contribution in [0.4, 0.5) is 10.1 Å². The first-order valence-electron chi connectivity index (χ1n) is 8.93. The fourth-order valence-corrected chi connectivity index (χ4v) is 3.84. The maximum absolute atomic E-state index is 14.6. The zero-order valence-electron chi connectivity index (χ0n) is 15.7. The number of rotatable bonds is 2. The quantitative estimate of drug-likeness (QED) is 0.584. The number of hydrogen-bond donors (Lipinski definition) is 0. The Morgan fingerprint density at radius 1 is 1.15 bits per heavy atom. The van der Waals surface area contributed by atoms with Crippen LogP contribution in [0.15, 0.2) is 46.9 Å². The zero-order chi connectivity index (χ0) is 19.8. The summed E-state index contributed by atoms with van der Waals surface area (Å²) in [5.74, 6) is -0.235. The van der Waals surface area contributed by atoms with E-state index < -0.39 is 5.41 Å². The van der Waals surface area contributed by atoms with Gasteiger partial charge in [-0.2, -0.15) is 0 Å². The third-order valence-electron chi connectivity index (χ3n) is 4.78. The second kappa shape index (κ2) is 7.80. The highest BCUT2D eigenvalue weighted by molar-refractivity contribution is 9.10. The van der Waals surface area contributed by atoms with Crippen LogP contribution in [0.3, 0.4) is 0 Å². The van der Waals surface area contributed by atoms with Gasteiger partial charge in [-0.15, -0.1) is 0 Å². The number of hydrogen-bond acceptors (Lipinski definition) is 2. The molecule has 0 saturated carbocycles. The van der Waals surface area contributed by atoms with Crippen LogP contribution in [-0.4, -0.2) is 30.4 Å². The van der Waals surface area contributed by atoms with Gasteiger partial charge in [0.25, 0.3) is 0 Å². The average Bonchev–Trinajstić information content (AvgIpc) is 2.61. The number of benzene rings is 2. The molecule has 0 radical (unpaired) electrons. The Labute approximate surface area is 173 Å². The third-order valence-corrected chi connectivity index (χ3v) is 5.55. The van der Waals surface area contributed by atoms with Crippen molar-refractivity contribution in [2.24, 2.45) is 5.41 Å². The Hall–Kier alpha value is -1.59. The Bertz CT molecular complexity index is 835. The molecule has 1 saturated heterocycles. The van der Waals surface area contributed by atoms with Crippen LogP contribution in [0.25, 0.3) is 0 Å². The molecule has 0 bridgehead atoms. The van der Waals surface area contributed by atoms with E-state index in [-0.39, 0.29) is 17.8 Å². The van der Waals surface area contributed by atoms with Gasteiger partial charge in [-0.25, -0.2) is 4.39 Å². The summed E-state index contributed by atoms with van der Waals surface area (Å²) in [5, 5.41) is 0.373. The van der Waals surface area contributed by atoms with Gasteiger partial charge in [0, 0.05) is 34.5 Å². The molecule has 1 heterocycles. The van der Waals surface area contributed by atoms with E-state index >= 15 is 0 Å². The molecular weight excluding hydrogens is 431 g/mol. The minimum absolute atomic E-state index is 0.112. The maximum Gasteiger partial charge on any atom is 0.228 e. The van der Waals surface area contributed by atoms with E-state index in [4.69, 9.17) is 11.6 Å². The second-order valence-electron chi connectivity index (χ2n) is 7.86. The topological polar surface area (TPSA) is 23.6 Å². The average molecular weight is 454 g/mol. The highest BCUT2D eigenvalue weighted by atomic mass is 79.9. The summed E-state index contributed by atoms with van der Waals surface area (Å²) in [4.78, 5) is 16.7. The van der Waals surface area contributed by atoms with E-state index in [0.29, 0.717) is 30.3 Å². The fourth-order valence-electron chi connectivity index (χ4n) is 3.41. The van der Waals surface area contributed by atoms with Gasteiger partial charge in [0.2, 0.25) is 5.91 Å². The van der Waals surface area contributed by atoms with Crippen molar-refractivity contribution >= 4 is 39.1 Å². The largest absolute Gasteiger partial charge is 0.359 e. The standard InChI is InChI=1S/C21H23BrClFN2O/c1-21(2,3)20(27)25-10-11-26(18-9-8-16(23)12-17(18)24)19(13-25)14-4-6-15(22)7-5-14/h4-9,12,19H,10-11,13H2,1-3H3. The van der Waals surface area contributed by atoms with Crippen LogP contribution in [-0.2, 0) is 4.79 Å². The summed E-state index contributed by atoms with van der Waals surface area (Å²) in [7, 11) is 0. The lowest BCUT2D eigenvalue weighted by Crippen LogP contribution is -2.53. The maximum atomic E-state index is 14.6. The number of halogens is 3. The summed E-state index contributed by atoms with van der Waals surface area (Å²) in [6.45, 7) is 7.41. The van der Waals surface area contributed by atoms with Crippen molar-refractivity contribution in [3.8, 4) is 0 Å². The minimum Gasteiger partial charge on any atom is -0.359 e. The van der Waals surface area contributed by atoms with Crippen molar-refractivity contribution < 1.29 is 9.18 Å². The summed E-state index contributed by atoms with van der Waals surface area (Å²) in [6.07, 6.45) is 0. The van der Waals surface area contributed by atoms with Crippen LogP contribution in [0, 0.1) is 11.2 Å². The molecule has 0 N–H and O–H groups in total. The minimum atomic E-state index is -0.446. The third kappa shape index (κ3) is 4.46. The van der Waals surface area contributed by atoms with E-state index in [1.54, 1.807) is 12.1 Å². The molecule has 27 heavy (non-hydrogen) atoms. The molecular formula is C21H23BrClFN2O. The van der Waals surface area contributed by atoms with Crippen LogP contribution < -0.4 is 4.90 Å². The number of carbonyl (C=O) groups is 1. The lowest BCUT2D eigenvalue weighted by atomic mass is 9.93. The molecule has 1 fully saturated rings. The molecule has 1 aliphatic rings. The number of piperazine rings is 1. The van der Waals surface area contributed by atoms with Crippen LogP contribution in [0.2, 0.25) is 5.02 Å². The first-order chi connectivity index (χ1) is 12.7. The molecule has 1 unspecified atom stereocenters. The molecule has 1 aliphatic heterocycles. The molecule has 3 nitrogen and oxygen atoms in total. The van der Waals surface area contributed by atoms with Gasteiger partial charge in [0.1, 0.15) is 5.82 Å². The molecule has 2 aromatic carbocycles. The van der Waals surface area contributed by atoms with Gasteiger partial charge in [-0.05, 0) is 35.9 Å². The first kappa shape index (κ1) is 20.2. The van der Waals surface area contributed by atoms with E-state index in [1.165, 1.54) is 6.07 Å². The molecule has 6 heteroatoms. The predicted molar refractivity (Wildman–Crippen MR) is 112 cm³/mol. The smallest absolute Gasteiger partial charge is 0.228 e. The SMILES string of the molecule is CC(C)(C)C(=O)N1CCN(c2ccc(Cl)cc2F)C(c2ccc(Br)cc2)C1. The summed E-state index contributed by atoms with van der Waals surface area (Å²) in [6, 6.07) is 12.6. The van der Waals surface area contributed by atoms with Gasteiger partial charge in [0.15, 0.2) is 0 Å². The van der Waals surface area contributed by atoms with Crippen molar-refractivity contribution in [1.82, 2.24) is 4.90 Å². The van der Waals surface area contributed by atoms with E-state index in [9.17, 15) is 9.18 Å². The summed E-state index contributed by atoms with van der Waals surface area (Å²) >= 11 is 9.38. The Balaban J connectivity index is 1.97. The Morgan fingerprint density at radius 2 is 1.81 bits per heavy atom. The van der Waals surface area contributed by atoms with E-state index in [0.717, 1.165) is 10.0 Å². The fraction of sp³-hybridized carbons (Fsp3) is 0.381. The highest BCUT2D eigenvalue weighted by Crippen LogP contribution is 2.35. The van der Waals surface area contributed by atoms with Crippen LogP contribution in [0.1, 0.15) is 32.4 Å². The highest BCUT2D eigenvalue weighted by Gasteiger charge is 2.35. The number of amides is 1. The Kier molecular flexibility index (Phi) is 5.82. The molecule has 0 aliphatic carbocycles.